The molecule has 5 nitrogen and oxygen atoms in total. The molecule has 0 unspecified atom stereocenters. The Balaban J connectivity index is 2.13. The van der Waals surface area contributed by atoms with Crippen molar-refractivity contribution in [2.75, 3.05) is 17.1 Å². The molecule has 0 radical (unpaired) electrons. The van der Waals surface area contributed by atoms with Crippen molar-refractivity contribution in [1.29, 1.82) is 0 Å². The minimum absolute atomic E-state index is 0.211. The number of benzene rings is 2. The molecule has 0 aromatic heterocycles. The molecule has 2 rings (SSSR count). The van der Waals surface area contributed by atoms with E-state index >= 15 is 0 Å². The second-order valence-corrected chi connectivity index (χ2v) is 8.77. The molecule has 1 atom stereocenters. The third-order valence-corrected chi connectivity index (χ3v) is 5.37. The Labute approximate surface area is 157 Å². The standard InChI is InChI=1S/C18H21BrN2O3S/c1-13-7-9-15(10-8-13)14(2)20-18(22)12-21(25(3,23)24)17-6-4-5-16(19)11-17/h4-11,14H,12H2,1-3H3,(H,20,22)/t14-/m1/s1. The molecule has 1 amide bonds. The maximum absolute atomic E-state index is 12.4. The second-order valence-electron chi connectivity index (χ2n) is 5.95. The van der Waals surface area contributed by atoms with Crippen LogP contribution in [0.3, 0.4) is 0 Å². The first kappa shape index (κ1) is 19.5. The van der Waals surface area contributed by atoms with Crippen LogP contribution in [0.15, 0.2) is 53.0 Å². The number of sulfonamides is 1. The van der Waals surface area contributed by atoms with Gasteiger partial charge in [-0.05, 0) is 37.6 Å². The number of carbonyl (C=O) groups is 1. The number of nitrogens with zero attached hydrogens (tertiary/aromatic N) is 1. The fourth-order valence-corrected chi connectivity index (χ4v) is 3.62. The second kappa shape index (κ2) is 8.01. The number of hydrogen-bond donors (Lipinski definition) is 1. The molecule has 0 heterocycles. The average Bonchev–Trinajstić information content (AvgIpc) is 2.52. The Bertz CT molecular complexity index is 851. The monoisotopic (exact) mass is 424 g/mol. The quantitative estimate of drug-likeness (QED) is 0.772. The first-order valence-corrected chi connectivity index (χ1v) is 10.4. The van der Waals surface area contributed by atoms with Crippen LogP contribution in [-0.4, -0.2) is 27.1 Å². The largest absolute Gasteiger partial charge is 0.348 e. The highest BCUT2D eigenvalue weighted by Crippen LogP contribution is 2.22. The predicted octanol–water partition coefficient (Wildman–Crippen LogP) is 3.40. The van der Waals surface area contributed by atoms with Gasteiger partial charge in [-0.25, -0.2) is 8.42 Å². The van der Waals surface area contributed by atoms with Crippen LogP contribution < -0.4 is 9.62 Å². The lowest BCUT2D eigenvalue weighted by Gasteiger charge is -2.23. The zero-order chi connectivity index (χ0) is 18.6. The van der Waals surface area contributed by atoms with E-state index in [-0.39, 0.29) is 18.5 Å². The van der Waals surface area contributed by atoms with Gasteiger partial charge in [0.15, 0.2) is 0 Å². The van der Waals surface area contributed by atoms with E-state index in [9.17, 15) is 13.2 Å². The van der Waals surface area contributed by atoms with Crippen LogP contribution in [0.1, 0.15) is 24.1 Å². The Hall–Kier alpha value is -1.86. The van der Waals surface area contributed by atoms with Crippen LogP contribution in [0.2, 0.25) is 0 Å². The third-order valence-electron chi connectivity index (χ3n) is 3.74. The Morgan fingerprint density at radius 1 is 1.20 bits per heavy atom. The molecule has 2 aromatic rings. The van der Waals surface area contributed by atoms with E-state index < -0.39 is 10.0 Å². The van der Waals surface area contributed by atoms with Gasteiger partial charge in [-0.2, -0.15) is 0 Å². The van der Waals surface area contributed by atoms with E-state index in [4.69, 9.17) is 0 Å². The van der Waals surface area contributed by atoms with Crippen LogP contribution in [0.5, 0.6) is 0 Å². The fourth-order valence-electron chi connectivity index (χ4n) is 2.39. The zero-order valence-corrected chi connectivity index (χ0v) is 16.8. The molecule has 0 aliphatic carbocycles. The maximum atomic E-state index is 12.4. The van der Waals surface area contributed by atoms with Crippen LogP contribution >= 0.6 is 15.9 Å². The van der Waals surface area contributed by atoms with Crippen LogP contribution in [0, 0.1) is 6.92 Å². The highest BCUT2D eigenvalue weighted by Gasteiger charge is 2.22. The molecule has 7 heteroatoms. The number of anilines is 1. The van der Waals surface area contributed by atoms with Gasteiger partial charge in [-0.1, -0.05) is 51.8 Å². The van der Waals surface area contributed by atoms with Crippen molar-refractivity contribution in [2.24, 2.45) is 0 Å². The molecule has 0 saturated heterocycles. The number of rotatable bonds is 6. The number of amides is 1. The molecule has 134 valence electrons. The number of carbonyl (C=O) groups excluding carboxylic acids is 1. The Morgan fingerprint density at radius 2 is 1.84 bits per heavy atom. The van der Waals surface area contributed by atoms with Gasteiger partial charge >= 0.3 is 0 Å². The summed E-state index contributed by atoms with van der Waals surface area (Å²) in [5.41, 5.74) is 2.54. The van der Waals surface area contributed by atoms with Gasteiger partial charge in [0.25, 0.3) is 0 Å². The van der Waals surface area contributed by atoms with E-state index in [1.165, 1.54) is 0 Å². The molecular formula is C18H21BrN2O3S. The highest BCUT2D eigenvalue weighted by molar-refractivity contribution is 9.10. The molecule has 1 N–H and O–H groups in total. The summed E-state index contributed by atoms with van der Waals surface area (Å²) in [7, 11) is -3.58. The SMILES string of the molecule is Cc1ccc([C@@H](C)NC(=O)CN(c2cccc(Br)c2)S(C)(=O)=O)cc1. The number of hydrogen-bond acceptors (Lipinski definition) is 3. The van der Waals surface area contributed by atoms with Crippen molar-refractivity contribution in [3.8, 4) is 0 Å². The van der Waals surface area contributed by atoms with E-state index in [1.54, 1.807) is 24.3 Å². The smallest absolute Gasteiger partial charge is 0.241 e. The lowest BCUT2D eigenvalue weighted by molar-refractivity contribution is -0.120. The molecule has 0 aliphatic rings. The summed E-state index contributed by atoms with van der Waals surface area (Å²) in [6.45, 7) is 3.59. The van der Waals surface area contributed by atoms with Gasteiger partial charge in [-0.15, -0.1) is 0 Å². The van der Waals surface area contributed by atoms with Gasteiger partial charge < -0.3 is 5.32 Å². The number of aryl methyl sites for hydroxylation is 1. The van der Waals surface area contributed by atoms with E-state index in [1.807, 2.05) is 38.1 Å². The normalized spacial score (nSPS) is 12.5. The molecule has 2 aromatic carbocycles. The van der Waals surface area contributed by atoms with Gasteiger partial charge in [0.05, 0.1) is 18.0 Å². The number of halogens is 1. The topological polar surface area (TPSA) is 66.5 Å². The zero-order valence-electron chi connectivity index (χ0n) is 14.4. The number of nitrogens with one attached hydrogen (secondary N) is 1. The molecule has 0 aliphatic heterocycles. The van der Waals surface area contributed by atoms with E-state index in [0.29, 0.717) is 5.69 Å². The minimum atomic E-state index is -3.58. The van der Waals surface area contributed by atoms with E-state index in [0.717, 1.165) is 26.2 Å². The predicted molar refractivity (Wildman–Crippen MR) is 104 cm³/mol. The molecule has 0 spiro atoms. The summed E-state index contributed by atoms with van der Waals surface area (Å²) >= 11 is 3.32. The van der Waals surface area contributed by atoms with Crippen molar-refractivity contribution in [3.63, 3.8) is 0 Å². The van der Waals surface area contributed by atoms with Crippen LogP contribution in [0.4, 0.5) is 5.69 Å². The average molecular weight is 425 g/mol. The van der Waals surface area contributed by atoms with Crippen molar-refractivity contribution in [2.45, 2.75) is 19.9 Å². The highest BCUT2D eigenvalue weighted by atomic mass is 79.9. The molecule has 0 bridgehead atoms. The van der Waals surface area contributed by atoms with Crippen molar-refractivity contribution >= 4 is 37.5 Å². The summed E-state index contributed by atoms with van der Waals surface area (Å²) in [5, 5.41) is 2.85. The first-order valence-electron chi connectivity index (χ1n) is 7.76. The summed E-state index contributed by atoms with van der Waals surface area (Å²) < 4.78 is 26.0. The van der Waals surface area contributed by atoms with Crippen molar-refractivity contribution in [3.05, 3.63) is 64.1 Å². The third kappa shape index (κ3) is 5.57. The summed E-state index contributed by atoms with van der Waals surface area (Å²) in [4.78, 5) is 12.4. The van der Waals surface area contributed by atoms with Crippen LogP contribution in [-0.2, 0) is 14.8 Å². The van der Waals surface area contributed by atoms with Gasteiger partial charge in [-0.3, -0.25) is 9.10 Å². The lowest BCUT2D eigenvalue weighted by atomic mass is 10.1. The molecule has 0 saturated carbocycles. The molecule has 0 fully saturated rings. The summed E-state index contributed by atoms with van der Waals surface area (Å²) in [6.07, 6.45) is 1.09. The van der Waals surface area contributed by atoms with Crippen molar-refractivity contribution < 1.29 is 13.2 Å². The van der Waals surface area contributed by atoms with E-state index in [2.05, 4.69) is 21.2 Å². The van der Waals surface area contributed by atoms with Gasteiger partial charge in [0.1, 0.15) is 6.54 Å². The Morgan fingerprint density at radius 3 is 2.40 bits per heavy atom. The summed E-state index contributed by atoms with van der Waals surface area (Å²) in [6, 6.07) is 14.5. The molecule has 25 heavy (non-hydrogen) atoms. The fraction of sp³-hybridized carbons (Fsp3) is 0.278. The summed E-state index contributed by atoms with van der Waals surface area (Å²) in [5.74, 6) is -0.363. The van der Waals surface area contributed by atoms with Crippen LogP contribution in [0.25, 0.3) is 0 Å². The van der Waals surface area contributed by atoms with Crippen molar-refractivity contribution in [1.82, 2.24) is 5.32 Å². The minimum Gasteiger partial charge on any atom is -0.348 e. The lowest BCUT2D eigenvalue weighted by Crippen LogP contribution is -2.41. The Kier molecular flexibility index (Phi) is 6.24. The molecular weight excluding hydrogens is 404 g/mol. The van der Waals surface area contributed by atoms with Gasteiger partial charge in [0, 0.05) is 4.47 Å². The maximum Gasteiger partial charge on any atom is 0.241 e. The first-order chi connectivity index (χ1) is 11.7. The van der Waals surface area contributed by atoms with Gasteiger partial charge in [0.2, 0.25) is 15.9 Å².